The number of pyridine rings is 1. The summed E-state index contributed by atoms with van der Waals surface area (Å²) >= 11 is 9.09. The minimum atomic E-state index is -0.221. The van der Waals surface area contributed by atoms with Crippen LogP contribution >= 0.6 is 34.5 Å². The molecule has 31 heavy (non-hydrogen) atoms. The summed E-state index contributed by atoms with van der Waals surface area (Å²) in [5.41, 5.74) is 3.30. The first kappa shape index (κ1) is 19.8. The van der Waals surface area contributed by atoms with Crippen LogP contribution in [0.4, 0.5) is 10.8 Å². The number of aromatic nitrogens is 6. The Hall–Kier alpha value is -3.15. The molecule has 0 bridgehead atoms. The number of halogens is 1. The van der Waals surface area contributed by atoms with Gasteiger partial charge in [0.25, 0.3) is 5.91 Å². The number of aromatic amines is 1. The number of carbonyl (C=O) groups is 1. The standard InChI is InChI=1S/C19H15ClN8OS2/c1-2-6-22-17(29)15-14-16(31-28-15)9(5-7-21-14)18-26-27-19(30-18)24-12-4-3-11-10(13(12)20)8-23-25-11/h3-5,7-8H,2,6H2,1H3,(H,22,29)(H,23,25)(H,24,27). The lowest BCUT2D eigenvalue weighted by molar-refractivity contribution is 0.0951. The highest BCUT2D eigenvalue weighted by Crippen LogP contribution is 2.37. The van der Waals surface area contributed by atoms with E-state index in [1.54, 1.807) is 12.4 Å². The van der Waals surface area contributed by atoms with Crippen molar-refractivity contribution >= 4 is 72.3 Å². The average Bonchev–Trinajstić information content (AvgIpc) is 3.53. The van der Waals surface area contributed by atoms with E-state index in [1.165, 1.54) is 22.9 Å². The Bertz CT molecular complexity index is 1410. The molecule has 9 nitrogen and oxygen atoms in total. The van der Waals surface area contributed by atoms with Crippen LogP contribution in [0, 0.1) is 0 Å². The van der Waals surface area contributed by atoms with Crippen molar-refractivity contribution in [3.05, 3.63) is 41.3 Å². The molecular weight excluding hydrogens is 456 g/mol. The minimum Gasteiger partial charge on any atom is -0.351 e. The lowest BCUT2D eigenvalue weighted by Gasteiger charge is -2.05. The van der Waals surface area contributed by atoms with Crippen LogP contribution in [0.15, 0.2) is 30.6 Å². The van der Waals surface area contributed by atoms with E-state index in [-0.39, 0.29) is 5.91 Å². The van der Waals surface area contributed by atoms with E-state index in [0.717, 1.165) is 27.6 Å². The summed E-state index contributed by atoms with van der Waals surface area (Å²) in [6, 6.07) is 5.61. The molecule has 5 rings (SSSR count). The zero-order valence-electron chi connectivity index (χ0n) is 16.1. The van der Waals surface area contributed by atoms with Gasteiger partial charge < -0.3 is 10.6 Å². The third-order valence-electron chi connectivity index (χ3n) is 4.56. The third-order valence-corrected chi connectivity index (χ3v) is 6.71. The molecule has 4 aromatic heterocycles. The average molecular weight is 471 g/mol. The Morgan fingerprint density at radius 1 is 1.26 bits per heavy atom. The van der Waals surface area contributed by atoms with E-state index in [1.807, 2.05) is 25.1 Å². The normalized spacial score (nSPS) is 11.3. The van der Waals surface area contributed by atoms with Gasteiger partial charge in [-0.25, -0.2) is 0 Å². The maximum atomic E-state index is 12.4. The molecule has 0 unspecified atom stereocenters. The van der Waals surface area contributed by atoms with Crippen molar-refractivity contribution in [1.29, 1.82) is 0 Å². The topological polar surface area (TPSA) is 121 Å². The van der Waals surface area contributed by atoms with Gasteiger partial charge in [0.1, 0.15) is 5.52 Å². The number of hydrogen-bond acceptors (Lipinski definition) is 9. The first-order valence-corrected chi connectivity index (χ1v) is 11.4. The summed E-state index contributed by atoms with van der Waals surface area (Å²) in [6.45, 7) is 2.59. The molecule has 12 heteroatoms. The molecule has 156 valence electrons. The third kappa shape index (κ3) is 3.60. The number of H-pyrrole nitrogens is 1. The van der Waals surface area contributed by atoms with Crippen molar-refractivity contribution in [3.8, 4) is 10.6 Å². The molecule has 0 aliphatic carbocycles. The second-order valence-corrected chi connectivity index (χ2v) is 8.75. The van der Waals surface area contributed by atoms with E-state index in [9.17, 15) is 4.79 Å². The van der Waals surface area contributed by atoms with Gasteiger partial charge in [-0.1, -0.05) is 29.9 Å². The molecule has 0 aliphatic heterocycles. The van der Waals surface area contributed by atoms with Crippen LogP contribution in [0.5, 0.6) is 0 Å². The maximum Gasteiger partial charge on any atom is 0.273 e. The van der Waals surface area contributed by atoms with Crippen LogP contribution in [-0.4, -0.2) is 42.2 Å². The number of fused-ring (bicyclic) bond motifs is 2. The Labute approximate surface area is 189 Å². The van der Waals surface area contributed by atoms with Gasteiger partial charge in [-0.3, -0.25) is 14.9 Å². The van der Waals surface area contributed by atoms with Crippen molar-refractivity contribution in [1.82, 2.24) is 35.1 Å². The number of rotatable bonds is 6. The van der Waals surface area contributed by atoms with Gasteiger partial charge in [-0.05, 0) is 36.2 Å². The highest BCUT2D eigenvalue weighted by Gasteiger charge is 2.20. The Morgan fingerprint density at radius 2 is 2.16 bits per heavy atom. The zero-order valence-corrected chi connectivity index (χ0v) is 18.5. The number of hydrogen-bond donors (Lipinski definition) is 3. The number of benzene rings is 1. The van der Waals surface area contributed by atoms with Crippen LogP contribution in [0.3, 0.4) is 0 Å². The molecule has 5 aromatic rings. The van der Waals surface area contributed by atoms with Crippen molar-refractivity contribution in [3.63, 3.8) is 0 Å². The molecule has 0 saturated carbocycles. The van der Waals surface area contributed by atoms with Crippen molar-refractivity contribution in [2.45, 2.75) is 13.3 Å². The highest BCUT2D eigenvalue weighted by atomic mass is 35.5. The number of amides is 1. The molecular formula is C19H15ClN8OS2. The molecule has 1 aromatic carbocycles. The summed E-state index contributed by atoms with van der Waals surface area (Å²) in [6.07, 6.45) is 4.19. The first-order chi connectivity index (χ1) is 15.2. The van der Waals surface area contributed by atoms with E-state index in [2.05, 4.69) is 40.4 Å². The quantitative estimate of drug-likeness (QED) is 0.331. The van der Waals surface area contributed by atoms with Gasteiger partial charge in [0, 0.05) is 23.7 Å². The highest BCUT2D eigenvalue weighted by molar-refractivity contribution is 7.19. The van der Waals surface area contributed by atoms with Crippen molar-refractivity contribution < 1.29 is 4.79 Å². The number of nitrogens with zero attached hydrogens (tertiary/aromatic N) is 5. The maximum absolute atomic E-state index is 12.4. The van der Waals surface area contributed by atoms with E-state index >= 15 is 0 Å². The molecule has 3 N–H and O–H groups in total. The van der Waals surface area contributed by atoms with E-state index in [4.69, 9.17) is 11.6 Å². The molecule has 0 saturated heterocycles. The zero-order chi connectivity index (χ0) is 21.4. The molecule has 0 aliphatic rings. The fourth-order valence-corrected chi connectivity index (χ4v) is 5.02. The monoisotopic (exact) mass is 470 g/mol. The molecule has 0 radical (unpaired) electrons. The first-order valence-electron chi connectivity index (χ1n) is 9.40. The lowest BCUT2D eigenvalue weighted by atomic mass is 10.2. The van der Waals surface area contributed by atoms with Gasteiger partial charge in [-0.2, -0.15) is 9.47 Å². The van der Waals surface area contributed by atoms with Gasteiger partial charge in [-0.15, -0.1) is 10.2 Å². The molecule has 1 amide bonds. The SMILES string of the molecule is CCCNC(=O)c1nsc2c(-c3nnc(Nc4ccc5[nH]ncc5c4Cl)s3)ccnc12. The number of carbonyl (C=O) groups excluding carboxylic acids is 1. The van der Waals surface area contributed by atoms with Gasteiger partial charge >= 0.3 is 0 Å². The summed E-state index contributed by atoms with van der Waals surface area (Å²) in [4.78, 5) is 16.7. The Kier molecular flexibility index (Phi) is 5.22. The fourth-order valence-electron chi connectivity index (χ4n) is 3.06. The Morgan fingerprint density at radius 3 is 3.03 bits per heavy atom. The van der Waals surface area contributed by atoms with E-state index in [0.29, 0.717) is 38.6 Å². The lowest BCUT2D eigenvalue weighted by Crippen LogP contribution is -2.24. The number of anilines is 2. The summed E-state index contributed by atoms with van der Waals surface area (Å²) in [5, 5.41) is 24.2. The summed E-state index contributed by atoms with van der Waals surface area (Å²) in [5.74, 6) is -0.221. The van der Waals surface area contributed by atoms with Crippen molar-refractivity contribution in [2.75, 3.05) is 11.9 Å². The molecule has 0 fully saturated rings. The fraction of sp³-hybridized carbons (Fsp3) is 0.158. The van der Waals surface area contributed by atoms with Crippen molar-refractivity contribution in [2.24, 2.45) is 0 Å². The predicted molar refractivity (Wildman–Crippen MR) is 123 cm³/mol. The van der Waals surface area contributed by atoms with Crippen LogP contribution < -0.4 is 10.6 Å². The summed E-state index contributed by atoms with van der Waals surface area (Å²) in [7, 11) is 0. The van der Waals surface area contributed by atoms with Crippen LogP contribution in [0.1, 0.15) is 23.8 Å². The largest absolute Gasteiger partial charge is 0.351 e. The van der Waals surface area contributed by atoms with E-state index < -0.39 is 0 Å². The number of nitrogens with one attached hydrogen (secondary N) is 3. The van der Waals surface area contributed by atoms with Crippen LogP contribution in [0.2, 0.25) is 5.02 Å². The smallest absolute Gasteiger partial charge is 0.273 e. The van der Waals surface area contributed by atoms with Crippen LogP contribution in [-0.2, 0) is 0 Å². The predicted octanol–water partition coefficient (Wildman–Crippen LogP) is 4.62. The molecule has 4 heterocycles. The van der Waals surface area contributed by atoms with Gasteiger partial charge in [0.2, 0.25) is 5.13 Å². The Balaban J connectivity index is 1.46. The molecule has 0 atom stereocenters. The van der Waals surface area contributed by atoms with Crippen LogP contribution in [0.25, 0.3) is 31.7 Å². The second-order valence-electron chi connectivity index (χ2n) is 6.62. The van der Waals surface area contributed by atoms with Gasteiger partial charge in [0.05, 0.1) is 27.1 Å². The summed E-state index contributed by atoms with van der Waals surface area (Å²) < 4.78 is 5.12. The van der Waals surface area contributed by atoms with Gasteiger partial charge in [0.15, 0.2) is 10.7 Å². The second kappa shape index (κ2) is 8.17. The molecule has 0 spiro atoms. The minimum absolute atomic E-state index is 0.221.